The Morgan fingerprint density at radius 3 is 2.35 bits per heavy atom. The number of fused-ring (bicyclic) bond motifs is 2. The van der Waals surface area contributed by atoms with Crippen LogP contribution in [0.4, 0.5) is 21.0 Å². The number of aryl methyl sites for hydroxylation is 1. The minimum Gasteiger partial charge on any atom is -0.490 e. The number of likely N-dealkylation sites (tertiary alicyclic amines) is 3. The Hall–Kier alpha value is -4.03. The van der Waals surface area contributed by atoms with Gasteiger partial charge in [0.15, 0.2) is 6.10 Å². The summed E-state index contributed by atoms with van der Waals surface area (Å²) in [6, 6.07) is 12.4. The molecule has 3 saturated heterocycles. The Bertz CT molecular complexity index is 1560. The maximum absolute atomic E-state index is 14.2. The molecule has 12 heteroatoms. The number of carbonyl (C=O) groups is 3. The smallest absolute Gasteiger partial charge is 0.410 e. The summed E-state index contributed by atoms with van der Waals surface area (Å²) in [6.07, 6.45) is 5.20. The maximum atomic E-state index is 14.2. The zero-order chi connectivity index (χ0) is 35.5. The van der Waals surface area contributed by atoms with Crippen molar-refractivity contribution in [1.29, 1.82) is 0 Å². The number of para-hydroxylation sites is 1. The summed E-state index contributed by atoms with van der Waals surface area (Å²) in [6.45, 7) is 8.38. The molecule has 5 heterocycles. The van der Waals surface area contributed by atoms with Gasteiger partial charge in [0, 0.05) is 84.2 Å². The second kappa shape index (κ2) is 15.7. The number of methoxy groups -OCH3 is 1. The van der Waals surface area contributed by atoms with E-state index in [-0.39, 0.29) is 24.4 Å². The van der Waals surface area contributed by atoms with Gasteiger partial charge in [-0.05, 0) is 80.7 Å². The van der Waals surface area contributed by atoms with Gasteiger partial charge in [0.2, 0.25) is 0 Å². The summed E-state index contributed by atoms with van der Waals surface area (Å²) >= 11 is 0. The molecule has 0 saturated carbocycles. The molecule has 2 aromatic carbocycles. The molecule has 4 amide bonds. The summed E-state index contributed by atoms with van der Waals surface area (Å²) in [4.78, 5) is 51.4. The van der Waals surface area contributed by atoms with E-state index in [1.54, 1.807) is 12.0 Å². The van der Waals surface area contributed by atoms with Crippen LogP contribution < -0.4 is 15.0 Å². The van der Waals surface area contributed by atoms with Crippen molar-refractivity contribution in [3.8, 4) is 5.75 Å². The highest BCUT2D eigenvalue weighted by Gasteiger charge is 2.37. The number of likely N-dealkylation sites (N-methyl/N-ethyl adjacent to an activating group) is 1. The molecule has 2 aromatic rings. The van der Waals surface area contributed by atoms with E-state index in [0.717, 1.165) is 85.6 Å². The lowest BCUT2D eigenvalue weighted by Crippen LogP contribution is -2.53. The van der Waals surface area contributed by atoms with Crippen molar-refractivity contribution < 1.29 is 28.6 Å². The first-order valence-corrected chi connectivity index (χ1v) is 18.9. The normalized spacial score (nSPS) is 21.7. The van der Waals surface area contributed by atoms with Gasteiger partial charge in [-0.15, -0.1) is 0 Å². The number of carbonyl (C=O) groups excluding carboxylic acids is 3. The van der Waals surface area contributed by atoms with Crippen molar-refractivity contribution >= 4 is 29.4 Å². The third kappa shape index (κ3) is 7.91. The molecule has 5 aliphatic heterocycles. The van der Waals surface area contributed by atoms with Crippen LogP contribution in [0, 0.1) is 6.92 Å². The number of rotatable bonds is 7. The van der Waals surface area contributed by atoms with Gasteiger partial charge < -0.3 is 44.0 Å². The molecule has 0 aliphatic carbocycles. The monoisotopic (exact) mass is 702 g/mol. The predicted molar refractivity (Wildman–Crippen MR) is 196 cm³/mol. The van der Waals surface area contributed by atoms with Crippen LogP contribution in [-0.2, 0) is 27.1 Å². The fraction of sp³-hybridized carbons (Fsp3) is 0.615. The zero-order valence-corrected chi connectivity index (χ0v) is 30.5. The van der Waals surface area contributed by atoms with Gasteiger partial charge in [0.1, 0.15) is 12.4 Å². The SMILES string of the molecule is COC1CCN(C2CCN(C(=O)[C@@H](Cc3cc(C)c4c(c3)OCCN4C)OC(=O)N3CCC(N4CCc5ccccc5NC4=O)CC3)CC2)CC1. The molecule has 0 radical (unpaired) electrons. The van der Waals surface area contributed by atoms with E-state index < -0.39 is 12.2 Å². The molecule has 276 valence electrons. The van der Waals surface area contributed by atoms with E-state index in [1.807, 2.05) is 34.1 Å². The predicted octanol–water partition coefficient (Wildman–Crippen LogP) is 4.53. The van der Waals surface area contributed by atoms with E-state index in [9.17, 15) is 14.4 Å². The summed E-state index contributed by atoms with van der Waals surface area (Å²) in [5, 5.41) is 3.07. The number of urea groups is 1. The molecule has 1 N–H and O–H groups in total. The van der Waals surface area contributed by atoms with Crippen LogP contribution in [0.25, 0.3) is 0 Å². The Morgan fingerprint density at radius 2 is 1.61 bits per heavy atom. The van der Waals surface area contributed by atoms with Crippen LogP contribution in [0.5, 0.6) is 5.75 Å². The van der Waals surface area contributed by atoms with Gasteiger partial charge in [0.05, 0.1) is 18.3 Å². The van der Waals surface area contributed by atoms with Crippen molar-refractivity contribution in [3.05, 3.63) is 53.1 Å². The fourth-order valence-electron chi connectivity index (χ4n) is 8.76. The average molecular weight is 703 g/mol. The van der Waals surface area contributed by atoms with Gasteiger partial charge in [0.25, 0.3) is 5.91 Å². The Morgan fingerprint density at radius 1 is 0.902 bits per heavy atom. The Balaban J connectivity index is 1.00. The lowest BCUT2D eigenvalue weighted by Gasteiger charge is -2.42. The molecule has 0 unspecified atom stereocenters. The van der Waals surface area contributed by atoms with Crippen molar-refractivity contribution in [3.63, 3.8) is 0 Å². The number of benzene rings is 2. The summed E-state index contributed by atoms with van der Waals surface area (Å²) in [7, 11) is 3.86. The second-order valence-electron chi connectivity index (χ2n) is 14.9. The van der Waals surface area contributed by atoms with Crippen LogP contribution in [-0.4, -0.2) is 135 Å². The molecule has 12 nitrogen and oxygen atoms in total. The third-order valence-electron chi connectivity index (χ3n) is 11.7. The van der Waals surface area contributed by atoms with Crippen LogP contribution in [0.1, 0.15) is 55.2 Å². The molecule has 0 bridgehead atoms. The average Bonchev–Trinajstić information content (AvgIpc) is 3.32. The Labute approximate surface area is 301 Å². The standard InChI is InChI=1S/C39H54N6O6/c1-27-24-28(25-34-36(27)41(2)22-23-50-34)26-35(37(46)43-15-9-30(10-16-43)42-19-13-32(49-3)14-20-42)51-39(48)44-17-11-31(12-18-44)45-21-8-29-6-4-5-7-33(29)40-38(45)47/h4-7,24-25,30-32,35H,8-23,26H2,1-3H3,(H,40,47)/t35-/m1/s1. The minimum atomic E-state index is -0.946. The molecular formula is C39H54N6O6. The molecule has 0 spiro atoms. The second-order valence-corrected chi connectivity index (χ2v) is 14.9. The molecule has 5 aliphatic rings. The summed E-state index contributed by atoms with van der Waals surface area (Å²) < 4.78 is 17.8. The number of nitrogens with zero attached hydrogens (tertiary/aromatic N) is 5. The first kappa shape index (κ1) is 35.4. The number of anilines is 2. The zero-order valence-electron chi connectivity index (χ0n) is 30.5. The highest BCUT2D eigenvalue weighted by molar-refractivity contribution is 5.91. The third-order valence-corrected chi connectivity index (χ3v) is 11.7. The minimum absolute atomic E-state index is 0.0268. The molecule has 7 rings (SSSR count). The molecule has 0 aromatic heterocycles. The molecular weight excluding hydrogens is 648 g/mol. The van der Waals surface area contributed by atoms with Crippen LogP contribution in [0.15, 0.2) is 36.4 Å². The van der Waals surface area contributed by atoms with E-state index in [0.29, 0.717) is 64.3 Å². The van der Waals surface area contributed by atoms with Crippen molar-refractivity contribution in [2.75, 3.05) is 83.3 Å². The number of hydrogen-bond acceptors (Lipinski definition) is 8. The molecule has 3 fully saturated rings. The van der Waals surface area contributed by atoms with Crippen LogP contribution >= 0.6 is 0 Å². The number of ether oxygens (including phenoxy) is 3. The van der Waals surface area contributed by atoms with Gasteiger partial charge in [-0.25, -0.2) is 9.59 Å². The topological polar surface area (TPSA) is 107 Å². The quantitative estimate of drug-likeness (QED) is 0.449. The highest BCUT2D eigenvalue weighted by Crippen LogP contribution is 2.36. The van der Waals surface area contributed by atoms with Gasteiger partial charge in [-0.1, -0.05) is 24.3 Å². The van der Waals surface area contributed by atoms with E-state index in [2.05, 4.69) is 41.2 Å². The largest absolute Gasteiger partial charge is 0.490 e. The van der Waals surface area contributed by atoms with Gasteiger partial charge in [-0.2, -0.15) is 0 Å². The van der Waals surface area contributed by atoms with E-state index in [1.165, 1.54) is 0 Å². The Kier molecular flexibility index (Phi) is 10.9. The highest BCUT2D eigenvalue weighted by atomic mass is 16.6. The fourth-order valence-corrected chi connectivity index (χ4v) is 8.76. The summed E-state index contributed by atoms with van der Waals surface area (Å²) in [5.74, 6) is 0.668. The summed E-state index contributed by atoms with van der Waals surface area (Å²) in [5.41, 5.74) is 5.05. The van der Waals surface area contributed by atoms with Crippen LogP contribution in [0.3, 0.4) is 0 Å². The first-order valence-electron chi connectivity index (χ1n) is 18.9. The van der Waals surface area contributed by atoms with E-state index in [4.69, 9.17) is 14.2 Å². The lowest BCUT2D eigenvalue weighted by molar-refractivity contribution is -0.142. The van der Waals surface area contributed by atoms with Crippen molar-refractivity contribution in [2.24, 2.45) is 0 Å². The number of nitrogens with one attached hydrogen (secondary N) is 1. The van der Waals surface area contributed by atoms with E-state index >= 15 is 0 Å². The number of hydrogen-bond donors (Lipinski definition) is 1. The van der Waals surface area contributed by atoms with Gasteiger partial charge in [-0.3, -0.25) is 4.79 Å². The first-order chi connectivity index (χ1) is 24.8. The lowest BCUT2D eigenvalue weighted by atomic mass is 9.97. The molecule has 1 atom stereocenters. The molecule has 51 heavy (non-hydrogen) atoms. The number of piperidine rings is 3. The number of amides is 4. The van der Waals surface area contributed by atoms with Gasteiger partial charge >= 0.3 is 12.1 Å². The van der Waals surface area contributed by atoms with Crippen molar-refractivity contribution in [2.45, 2.75) is 82.6 Å². The van der Waals surface area contributed by atoms with Crippen molar-refractivity contribution in [1.82, 2.24) is 19.6 Å². The maximum Gasteiger partial charge on any atom is 0.410 e. The van der Waals surface area contributed by atoms with Crippen LogP contribution in [0.2, 0.25) is 0 Å².